The lowest BCUT2D eigenvalue weighted by molar-refractivity contribution is -0.123. The number of nitrogens with one attached hydrogen (secondary N) is 1. The summed E-state index contributed by atoms with van der Waals surface area (Å²) in [6.45, 7) is 1.60. The lowest BCUT2D eigenvalue weighted by Crippen LogP contribution is -2.25. The van der Waals surface area contributed by atoms with Gasteiger partial charge >= 0.3 is 0 Å². The van der Waals surface area contributed by atoms with E-state index < -0.39 is 0 Å². The first kappa shape index (κ1) is 20.3. The number of methoxy groups -OCH3 is 2. The summed E-state index contributed by atoms with van der Waals surface area (Å²) in [6.07, 6.45) is 0. The Morgan fingerprint density at radius 2 is 1.81 bits per heavy atom. The Morgan fingerprint density at radius 1 is 1.12 bits per heavy atom. The van der Waals surface area contributed by atoms with Gasteiger partial charge in [-0.05, 0) is 64.8 Å². The van der Waals surface area contributed by atoms with Crippen LogP contribution in [0, 0.1) is 0 Å². The van der Waals surface area contributed by atoms with Gasteiger partial charge in [0.25, 0.3) is 5.91 Å². The molecule has 0 bridgehead atoms. The number of nitrogens with zero attached hydrogens (tertiary/aromatic N) is 1. The highest BCUT2D eigenvalue weighted by Gasteiger charge is 2.13. The molecule has 0 spiro atoms. The monoisotopic (exact) mass is 484 g/mol. The van der Waals surface area contributed by atoms with Gasteiger partial charge in [0.2, 0.25) is 0 Å². The van der Waals surface area contributed by atoms with Crippen LogP contribution in [0.3, 0.4) is 0 Å². The molecule has 2 rings (SSSR count). The highest BCUT2D eigenvalue weighted by Crippen LogP contribution is 2.38. The molecular weight excluding hydrogens is 468 g/mol. The van der Waals surface area contributed by atoms with E-state index in [4.69, 9.17) is 14.2 Å². The third kappa shape index (κ3) is 5.47. The van der Waals surface area contributed by atoms with E-state index in [9.17, 15) is 4.79 Å². The fourth-order valence-corrected chi connectivity index (χ4v) is 3.34. The number of hydrogen-bond donors (Lipinski definition) is 1. The van der Waals surface area contributed by atoms with Crippen molar-refractivity contribution in [3.8, 4) is 17.2 Å². The zero-order valence-corrected chi connectivity index (χ0v) is 17.7. The van der Waals surface area contributed by atoms with Gasteiger partial charge in [0.1, 0.15) is 5.75 Å². The zero-order valence-electron chi connectivity index (χ0n) is 14.5. The lowest BCUT2D eigenvalue weighted by Gasteiger charge is -2.12. The SMILES string of the molecule is COc1ccc(/C(C)=N\NC(=O)COc2c(Br)cc(Br)cc2OC)cc1. The predicted octanol–water partition coefficient (Wildman–Crippen LogP) is 4.15. The van der Waals surface area contributed by atoms with E-state index in [0.717, 1.165) is 15.8 Å². The Hall–Kier alpha value is -2.06. The summed E-state index contributed by atoms with van der Waals surface area (Å²) in [4.78, 5) is 12.0. The molecule has 0 heterocycles. The molecule has 0 fully saturated rings. The van der Waals surface area contributed by atoms with Gasteiger partial charge in [-0.3, -0.25) is 4.79 Å². The van der Waals surface area contributed by atoms with Gasteiger partial charge in [0.15, 0.2) is 18.1 Å². The Morgan fingerprint density at radius 3 is 2.42 bits per heavy atom. The van der Waals surface area contributed by atoms with E-state index in [1.165, 1.54) is 7.11 Å². The number of amides is 1. The van der Waals surface area contributed by atoms with Crippen molar-refractivity contribution in [3.63, 3.8) is 0 Å². The van der Waals surface area contributed by atoms with Crippen LogP contribution >= 0.6 is 31.9 Å². The van der Waals surface area contributed by atoms with Crippen molar-refractivity contribution in [2.24, 2.45) is 5.10 Å². The first-order valence-corrected chi connectivity index (χ1v) is 9.16. The van der Waals surface area contributed by atoms with Crippen molar-refractivity contribution in [2.75, 3.05) is 20.8 Å². The first-order chi connectivity index (χ1) is 12.4. The Labute approximate surface area is 168 Å². The Bertz CT molecular complexity index is 808. The topological polar surface area (TPSA) is 69.2 Å². The van der Waals surface area contributed by atoms with Gasteiger partial charge in [-0.25, -0.2) is 5.43 Å². The number of hydrogen-bond acceptors (Lipinski definition) is 5. The highest BCUT2D eigenvalue weighted by atomic mass is 79.9. The van der Waals surface area contributed by atoms with Crippen LogP contribution in [0.25, 0.3) is 0 Å². The zero-order chi connectivity index (χ0) is 19.1. The van der Waals surface area contributed by atoms with Crippen LogP contribution in [0.1, 0.15) is 12.5 Å². The van der Waals surface area contributed by atoms with Crippen molar-refractivity contribution >= 4 is 43.5 Å². The van der Waals surface area contributed by atoms with Gasteiger partial charge in [-0.15, -0.1) is 0 Å². The van der Waals surface area contributed by atoms with Gasteiger partial charge in [-0.2, -0.15) is 5.10 Å². The van der Waals surface area contributed by atoms with Gasteiger partial charge in [-0.1, -0.05) is 15.9 Å². The summed E-state index contributed by atoms with van der Waals surface area (Å²) in [7, 11) is 3.14. The molecule has 8 heteroatoms. The fraction of sp³-hybridized carbons (Fsp3) is 0.222. The lowest BCUT2D eigenvalue weighted by atomic mass is 10.1. The molecule has 0 aliphatic carbocycles. The van der Waals surface area contributed by atoms with Crippen LogP contribution in [0.4, 0.5) is 0 Å². The number of rotatable bonds is 7. The quantitative estimate of drug-likeness (QED) is 0.472. The maximum atomic E-state index is 12.0. The number of carbonyl (C=O) groups is 1. The Kier molecular flexibility index (Phi) is 7.47. The third-order valence-corrected chi connectivity index (χ3v) is 4.44. The molecule has 0 aromatic heterocycles. The molecule has 2 aromatic rings. The van der Waals surface area contributed by atoms with Crippen LogP contribution in [-0.4, -0.2) is 32.4 Å². The summed E-state index contributed by atoms with van der Waals surface area (Å²) in [5.74, 6) is 1.33. The summed E-state index contributed by atoms with van der Waals surface area (Å²) in [5.41, 5.74) is 4.02. The highest BCUT2D eigenvalue weighted by molar-refractivity contribution is 9.11. The molecule has 1 N–H and O–H groups in total. The van der Waals surface area contributed by atoms with Crippen LogP contribution in [0.15, 0.2) is 50.4 Å². The second kappa shape index (κ2) is 9.59. The molecule has 6 nitrogen and oxygen atoms in total. The third-order valence-electron chi connectivity index (χ3n) is 3.40. The van der Waals surface area contributed by atoms with E-state index in [2.05, 4.69) is 42.4 Å². The van der Waals surface area contributed by atoms with Crippen molar-refractivity contribution in [3.05, 3.63) is 50.9 Å². The molecule has 1 amide bonds. The van der Waals surface area contributed by atoms with Crippen LogP contribution < -0.4 is 19.6 Å². The first-order valence-electron chi connectivity index (χ1n) is 7.58. The minimum absolute atomic E-state index is 0.198. The van der Waals surface area contributed by atoms with Gasteiger partial charge < -0.3 is 14.2 Å². The van der Waals surface area contributed by atoms with Crippen LogP contribution in [0.2, 0.25) is 0 Å². The molecule has 0 atom stereocenters. The normalized spacial score (nSPS) is 11.0. The van der Waals surface area contributed by atoms with E-state index in [1.807, 2.05) is 30.3 Å². The number of carbonyl (C=O) groups excluding carboxylic acids is 1. The molecule has 0 radical (unpaired) electrons. The van der Waals surface area contributed by atoms with E-state index in [1.54, 1.807) is 20.1 Å². The second-order valence-corrected chi connectivity index (χ2v) is 6.94. The standard InChI is InChI=1S/C18H18Br2N2O4/c1-11(12-4-6-14(24-2)7-5-12)21-22-17(23)10-26-18-15(20)8-13(19)9-16(18)25-3/h4-9H,10H2,1-3H3,(H,22,23)/b21-11-. The summed E-state index contributed by atoms with van der Waals surface area (Å²) in [5, 5.41) is 4.09. The average molecular weight is 486 g/mol. The van der Waals surface area contributed by atoms with Crippen LogP contribution in [-0.2, 0) is 4.79 Å². The Balaban J connectivity index is 1.96. The van der Waals surface area contributed by atoms with Gasteiger partial charge in [0, 0.05) is 4.47 Å². The van der Waals surface area contributed by atoms with Crippen molar-refractivity contribution < 1.29 is 19.0 Å². The summed E-state index contributed by atoms with van der Waals surface area (Å²) >= 11 is 6.76. The average Bonchev–Trinajstić information content (AvgIpc) is 2.64. The van der Waals surface area contributed by atoms with Crippen molar-refractivity contribution in [2.45, 2.75) is 6.92 Å². The second-order valence-electron chi connectivity index (χ2n) is 5.17. The number of benzene rings is 2. The minimum atomic E-state index is -0.380. The number of halogens is 2. The molecule has 26 heavy (non-hydrogen) atoms. The van der Waals surface area contributed by atoms with E-state index in [0.29, 0.717) is 21.7 Å². The molecule has 0 saturated heterocycles. The maximum absolute atomic E-state index is 12.0. The van der Waals surface area contributed by atoms with Crippen LogP contribution in [0.5, 0.6) is 17.2 Å². The summed E-state index contributed by atoms with van der Waals surface area (Å²) in [6, 6.07) is 11.0. The van der Waals surface area contributed by atoms with Gasteiger partial charge in [0.05, 0.1) is 24.4 Å². The number of ether oxygens (including phenoxy) is 3. The van der Waals surface area contributed by atoms with Crippen molar-refractivity contribution in [1.29, 1.82) is 0 Å². The molecule has 2 aromatic carbocycles. The summed E-state index contributed by atoms with van der Waals surface area (Å²) < 4.78 is 17.4. The smallest absolute Gasteiger partial charge is 0.277 e. The minimum Gasteiger partial charge on any atom is -0.497 e. The van der Waals surface area contributed by atoms with Crippen molar-refractivity contribution in [1.82, 2.24) is 5.43 Å². The fourth-order valence-electron chi connectivity index (χ4n) is 2.04. The number of hydrazone groups is 1. The molecule has 0 saturated carbocycles. The predicted molar refractivity (Wildman–Crippen MR) is 107 cm³/mol. The molecule has 0 aliphatic heterocycles. The largest absolute Gasteiger partial charge is 0.497 e. The molecular formula is C18H18Br2N2O4. The van der Waals surface area contributed by atoms with E-state index >= 15 is 0 Å². The molecule has 0 unspecified atom stereocenters. The molecule has 138 valence electrons. The van der Waals surface area contributed by atoms with E-state index in [-0.39, 0.29) is 12.5 Å². The maximum Gasteiger partial charge on any atom is 0.277 e. The molecule has 0 aliphatic rings.